The zero-order chi connectivity index (χ0) is 23.3. The maximum Gasteiger partial charge on any atom is 0.286 e. The molecule has 1 aliphatic rings. The van der Waals surface area contributed by atoms with E-state index in [2.05, 4.69) is 9.71 Å². The molecule has 9 nitrogen and oxygen atoms in total. The number of aromatic hydroxyl groups is 1. The van der Waals surface area contributed by atoms with E-state index < -0.39 is 32.4 Å². The molecule has 1 fully saturated rings. The van der Waals surface area contributed by atoms with Gasteiger partial charge in [0.25, 0.3) is 5.56 Å². The zero-order valence-corrected chi connectivity index (χ0v) is 19.6. The number of rotatable bonds is 9. The molecule has 0 atom stereocenters. The number of para-hydroxylation sites is 1. The van der Waals surface area contributed by atoms with E-state index in [1.165, 1.54) is 18.8 Å². The standard InChI is InChI=1S/C22H31N3O6S/c1-4-5-14-18-23-21(26)19(24-32(28,29)15-10-7-6-8-11-15)22(27)25(18)20-16(30-2)12-9-13-17(20)31-3/h9,12-13,15,24,26H,4-8,10-11,14H2,1-3H3. The minimum absolute atomic E-state index is 0.290. The number of nitrogens with one attached hydrogen (secondary N) is 1. The second-order valence-electron chi connectivity index (χ2n) is 7.89. The number of sulfonamides is 1. The Morgan fingerprint density at radius 3 is 2.34 bits per heavy atom. The quantitative estimate of drug-likeness (QED) is 0.582. The van der Waals surface area contributed by atoms with Crippen LogP contribution in [0, 0.1) is 0 Å². The van der Waals surface area contributed by atoms with Gasteiger partial charge in [0.2, 0.25) is 15.9 Å². The third kappa shape index (κ3) is 4.85. The van der Waals surface area contributed by atoms with Crippen molar-refractivity contribution in [2.75, 3.05) is 18.9 Å². The Morgan fingerprint density at radius 2 is 1.78 bits per heavy atom. The first-order chi connectivity index (χ1) is 15.3. The number of ether oxygens (including phenoxy) is 2. The van der Waals surface area contributed by atoms with Crippen LogP contribution in [0.5, 0.6) is 17.4 Å². The van der Waals surface area contributed by atoms with E-state index in [0.717, 1.165) is 32.1 Å². The molecule has 3 rings (SSSR count). The first-order valence-electron chi connectivity index (χ1n) is 10.9. The minimum Gasteiger partial charge on any atom is -0.494 e. The lowest BCUT2D eigenvalue weighted by Crippen LogP contribution is -2.34. The molecule has 0 bridgehead atoms. The summed E-state index contributed by atoms with van der Waals surface area (Å²) in [4.78, 5) is 17.8. The van der Waals surface area contributed by atoms with Crippen LogP contribution in [0.4, 0.5) is 5.69 Å². The smallest absolute Gasteiger partial charge is 0.286 e. The van der Waals surface area contributed by atoms with Gasteiger partial charge in [-0.1, -0.05) is 38.7 Å². The summed E-state index contributed by atoms with van der Waals surface area (Å²) in [5, 5.41) is 9.94. The predicted octanol–water partition coefficient (Wildman–Crippen LogP) is 3.37. The fourth-order valence-electron chi connectivity index (χ4n) is 4.03. The number of methoxy groups -OCH3 is 2. The number of hydrogen-bond donors (Lipinski definition) is 2. The van der Waals surface area contributed by atoms with E-state index in [1.807, 2.05) is 6.92 Å². The van der Waals surface area contributed by atoms with E-state index in [-0.39, 0.29) is 5.82 Å². The van der Waals surface area contributed by atoms with Gasteiger partial charge in [-0.15, -0.1) is 0 Å². The Balaban J connectivity index is 2.20. The van der Waals surface area contributed by atoms with Crippen LogP contribution in [-0.4, -0.2) is 42.5 Å². The molecule has 0 aliphatic heterocycles. The summed E-state index contributed by atoms with van der Waals surface area (Å²) in [6.45, 7) is 2.00. The second kappa shape index (κ2) is 10.2. The first kappa shape index (κ1) is 23.9. The molecule has 1 aromatic heterocycles. The predicted molar refractivity (Wildman–Crippen MR) is 123 cm³/mol. The van der Waals surface area contributed by atoms with Gasteiger partial charge in [0, 0.05) is 6.42 Å². The van der Waals surface area contributed by atoms with Gasteiger partial charge in [-0.05, 0) is 31.4 Å². The maximum absolute atomic E-state index is 13.6. The van der Waals surface area contributed by atoms with E-state index in [9.17, 15) is 18.3 Å². The number of hydrogen-bond acceptors (Lipinski definition) is 7. The Labute approximate surface area is 188 Å². The number of unbranched alkanes of at least 4 members (excludes halogenated alkanes) is 1. The molecule has 0 amide bonds. The topological polar surface area (TPSA) is 120 Å². The normalized spacial score (nSPS) is 14.8. The van der Waals surface area contributed by atoms with Crippen LogP contribution in [0.15, 0.2) is 23.0 Å². The average molecular weight is 466 g/mol. The Kier molecular flexibility index (Phi) is 7.65. The highest BCUT2D eigenvalue weighted by atomic mass is 32.2. The molecule has 10 heteroatoms. The van der Waals surface area contributed by atoms with Crippen LogP contribution < -0.4 is 19.8 Å². The van der Waals surface area contributed by atoms with Crippen LogP contribution in [-0.2, 0) is 16.4 Å². The molecule has 0 unspecified atom stereocenters. The molecule has 2 N–H and O–H groups in total. The van der Waals surface area contributed by atoms with Gasteiger partial charge < -0.3 is 14.6 Å². The summed E-state index contributed by atoms with van der Waals surface area (Å²) in [7, 11) is -0.932. The fraction of sp³-hybridized carbons (Fsp3) is 0.545. The summed E-state index contributed by atoms with van der Waals surface area (Å²) < 4.78 is 40.4. The molecular weight excluding hydrogens is 434 g/mol. The highest BCUT2D eigenvalue weighted by Gasteiger charge is 2.31. The lowest BCUT2D eigenvalue weighted by Gasteiger charge is -2.23. The highest BCUT2D eigenvalue weighted by Crippen LogP contribution is 2.34. The molecule has 2 aromatic rings. The first-order valence-corrected chi connectivity index (χ1v) is 12.5. The molecule has 1 saturated carbocycles. The fourth-order valence-corrected chi connectivity index (χ4v) is 5.61. The number of anilines is 1. The Hall–Kier alpha value is -2.75. The van der Waals surface area contributed by atoms with Gasteiger partial charge in [0.1, 0.15) is 23.0 Å². The van der Waals surface area contributed by atoms with Crippen LogP contribution in [0.3, 0.4) is 0 Å². The maximum atomic E-state index is 13.6. The number of nitrogens with zero attached hydrogens (tertiary/aromatic N) is 2. The molecule has 1 aromatic carbocycles. The summed E-state index contributed by atoms with van der Waals surface area (Å²) in [5.74, 6) is 0.374. The van der Waals surface area contributed by atoms with Gasteiger partial charge in [-0.2, -0.15) is 4.98 Å². The largest absolute Gasteiger partial charge is 0.494 e. The van der Waals surface area contributed by atoms with E-state index in [1.54, 1.807) is 18.2 Å². The molecule has 32 heavy (non-hydrogen) atoms. The zero-order valence-electron chi connectivity index (χ0n) is 18.8. The van der Waals surface area contributed by atoms with Crippen molar-refractivity contribution >= 4 is 15.7 Å². The summed E-state index contributed by atoms with van der Waals surface area (Å²) >= 11 is 0. The van der Waals surface area contributed by atoms with Crippen LogP contribution in [0.1, 0.15) is 57.7 Å². The lowest BCUT2D eigenvalue weighted by molar-refractivity contribution is 0.388. The number of aromatic nitrogens is 2. The van der Waals surface area contributed by atoms with Crippen LogP contribution in [0.25, 0.3) is 5.69 Å². The molecule has 1 heterocycles. The molecule has 0 radical (unpaired) electrons. The number of benzene rings is 1. The summed E-state index contributed by atoms with van der Waals surface area (Å²) in [6.07, 6.45) is 5.62. The van der Waals surface area contributed by atoms with Gasteiger partial charge in [-0.3, -0.25) is 14.1 Å². The molecule has 176 valence electrons. The lowest BCUT2D eigenvalue weighted by atomic mass is 10.0. The van der Waals surface area contributed by atoms with E-state index in [0.29, 0.717) is 36.4 Å². The van der Waals surface area contributed by atoms with Gasteiger partial charge in [0.05, 0.1) is 19.5 Å². The summed E-state index contributed by atoms with van der Waals surface area (Å²) in [5.41, 5.74) is -0.895. The van der Waals surface area contributed by atoms with Gasteiger partial charge >= 0.3 is 0 Å². The van der Waals surface area contributed by atoms with Crippen molar-refractivity contribution in [3.05, 3.63) is 34.4 Å². The van der Waals surface area contributed by atoms with Gasteiger partial charge in [-0.25, -0.2) is 8.42 Å². The van der Waals surface area contributed by atoms with Crippen molar-refractivity contribution < 1.29 is 23.0 Å². The van der Waals surface area contributed by atoms with E-state index >= 15 is 0 Å². The number of aryl methyl sites for hydroxylation is 1. The van der Waals surface area contributed by atoms with Crippen molar-refractivity contribution in [3.63, 3.8) is 0 Å². The van der Waals surface area contributed by atoms with Crippen molar-refractivity contribution in [2.24, 2.45) is 0 Å². The van der Waals surface area contributed by atoms with Crippen molar-refractivity contribution in [3.8, 4) is 23.1 Å². The molecule has 1 aliphatic carbocycles. The third-order valence-electron chi connectivity index (χ3n) is 5.75. The van der Waals surface area contributed by atoms with Crippen molar-refractivity contribution in [2.45, 2.75) is 63.5 Å². The third-order valence-corrected chi connectivity index (χ3v) is 7.59. The highest BCUT2D eigenvalue weighted by molar-refractivity contribution is 7.93. The van der Waals surface area contributed by atoms with Crippen molar-refractivity contribution in [1.29, 1.82) is 0 Å². The SMILES string of the molecule is CCCCc1nc(O)c(NS(=O)(=O)C2CCCCC2)c(=O)n1-c1c(OC)cccc1OC. The minimum atomic E-state index is -3.87. The van der Waals surface area contributed by atoms with E-state index in [4.69, 9.17) is 9.47 Å². The monoisotopic (exact) mass is 465 g/mol. The molecular formula is C22H31N3O6S. The molecule has 0 spiro atoms. The van der Waals surface area contributed by atoms with Crippen LogP contribution >= 0.6 is 0 Å². The van der Waals surface area contributed by atoms with Crippen LogP contribution in [0.2, 0.25) is 0 Å². The van der Waals surface area contributed by atoms with Gasteiger partial charge in [0.15, 0.2) is 5.69 Å². The average Bonchev–Trinajstić information content (AvgIpc) is 2.80. The molecule has 0 saturated heterocycles. The Bertz CT molecular complexity index is 1090. The van der Waals surface area contributed by atoms with Crippen molar-refractivity contribution in [1.82, 2.24) is 9.55 Å². The Morgan fingerprint density at radius 1 is 1.16 bits per heavy atom. The second-order valence-corrected chi connectivity index (χ2v) is 9.85. The summed E-state index contributed by atoms with van der Waals surface area (Å²) in [6, 6.07) is 5.07.